The molecule has 0 atom stereocenters. The van der Waals surface area contributed by atoms with Crippen molar-refractivity contribution in [2.75, 3.05) is 22.1 Å². The zero-order valence-electron chi connectivity index (χ0n) is 15.7. The van der Waals surface area contributed by atoms with Gasteiger partial charge in [0.1, 0.15) is 0 Å². The number of nitrogens with zero attached hydrogens (tertiary/aromatic N) is 1. The van der Waals surface area contributed by atoms with Gasteiger partial charge in [-0.15, -0.1) is 23.1 Å². The molecule has 2 amide bonds. The van der Waals surface area contributed by atoms with Crippen molar-refractivity contribution in [3.8, 4) is 11.3 Å². The van der Waals surface area contributed by atoms with Gasteiger partial charge in [0.25, 0.3) is 0 Å². The summed E-state index contributed by atoms with van der Waals surface area (Å²) in [5.74, 6) is 0.189. The fourth-order valence-electron chi connectivity index (χ4n) is 2.57. The number of hydrogen-bond acceptors (Lipinski definition) is 5. The number of aryl methyl sites for hydroxylation is 2. The van der Waals surface area contributed by atoms with Crippen LogP contribution in [0.25, 0.3) is 11.3 Å². The first-order valence-electron chi connectivity index (χ1n) is 8.76. The van der Waals surface area contributed by atoms with Crippen molar-refractivity contribution >= 4 is 46.3 Å². The van der Waals surface area contributed by atoms with Crippen LogP contribution in [0, 0.1) is 13.8 Å². The molecule has 144 valence electrons. The summed E-state index contributed by atoms with van der Waals surface area (Å²) < 4.78 is 0. The minimum Gasteiger partial charge on any atom is -0.325 e. The third-order valence-electron chi connectivity index (χ3n) is 3.85. The first kappa shape index (κ1) is 20.1. The number of carbonyl (C=O) groups is 2. The first-order valence-corrected chi connectivity index (χ1v) is 10.8. The van der Waals surface area contributed by atoms with Gasteiger partial charge in [-0.3, -0.25) is 9.59 Å². The third kappa shape index (κ3) is 5.94. The van der Waals surface area contributed by atoms with E-state index in [-0.39, 0.29) is 23.3 Å². The fourth-order valence-corrected chi connectivity index (χ4v) is 3.81. The molecule has 3 aromatic rings. The molecule has 0 radical (unpaired) electrons. The van der Waals surface area contributed by atoms with Crippen molar-refractivity contribution in [3.63, 3.8) is 0 Å². The lowest BCUT2D eigenvalue weighted by Gasteiger charge is -2.07. The molecule has 1 aromatic heterocycles. The first-order chi connectivity index (χ1) is 13.5. The van der Waals surface area contributed by atoms with E-state index in [0.717, 1.165) is 33.2 Å². The number of amides is 2. The highest BCUT2D eigenvalue weighted by Gasteiger charge is 2.08. The highest BCUT2D eigenvalue weighted by molar-refractivity contribution is 8.00. The molecule has 28 heavy (non-hydrogen) atoms. The molecule has 0 aliphatic rings. The van der Waals surface area contributed by atoms with E-state index in [9.17, 15) is 9.59 Å². The predicted molar refractivity (Wildman–Crippen MR) is 118 cm³/mol. The molecular formula is C21H21N3O2S2. The molecule has 0 unspecified atom stereocenters. The lowest BCUT2D eigenvalue weighted by molar-refractivity contribution is -0.114. The van der Waals surface area contributed by atoms with Crippen LogP contribution in [0.5, 0.6) is 0 Å². The summed E-state index contributed by atoms with van der Waals surface area (Å²) in [6.07, 6.45) is 0. The standard InChI is InChI=1S/C21H21N3O2S2/c1-14-4-3-5-18(10-14)24-21(26)13-27-12-20(25)23-17-8-6-16(7-9-17)19-11-28-15(2)22-19/h3-11H,12-13H2,1-2H3,(H,23,25)(H,24,26). The molecular weight excluding hydrogens is 390 g/mol. The van der Waals surface area contributed by atoms with Crippen LogP contribution < -0.4 is 10.6 Å². The number of anilines is 2. The number of thiazole rings is 1. The van der Waals surface area contributed by atoms with Crippen molar-refractivity contribution in [2.24, 2.45) is 0 Å². The number of rotatable bonds is 7. The van der Waals surface area contributed by atoms with Crippen LogP contribution >= 0.6 is 23.1 Å². The van der Waals surface area contributed by atoms with Crippen molar-refractivity contribution in [3.05, 3.63) is 64.5 Å². The second-order valence-electron chi connectivity index (χ2n) is 6.29. The van der Waals surface area contributed by atoms with Crippen LogP contribution in [0.1, 0.15) is 10.6 Å². The summed E-state index contributed by atoms with van der Waals surface area (Å²) in [6, 6.07) is 15.2. The van der Waals surface area contributed by atoms with E-state index in [4.69, 9.17) is 0 Å². The number of nitrogens with one attached hydrogen (secondary N) is 2. The largest absolute Gasteiger partial charge is 0.325 e. The van der Waals surface area contributed by atoms with E-state index in [1.165, 1.54) is 11.8 Å². The van der Waals surface area contributed by atoms with Crippen LogP contribution in [0.3, 0.4) is 0 Å². The molecule has 7 heteroatoms. The van der Waals surface area contributed by atoms with Gasteiger partial charge in [-0.05, 0) is 43.7 Å². The van der Waals surface area contributed by atoms with Crippen LogP contribution in [-0.2, 0) is 9.59 Å². The Kier molecular flexibility index (Phi) is 6.84. The van der Waals surface area contributed by atoms with Crippen LogP contribution in [-0.4, -0.2) is 28.3 Å². The number of thioether (sulfide) groups is 1. The summed E-state index contributed by atoms with van der Waals surface area (Å²) in [7, 11) is 0. The number of benzene rings is 2. The molecule has 0 fully saturated rings. The molecule has 0 aliphatic heterocycles. The zero-order chi connectivity index (χ0) is 19.9. The molecule has 0 aliphatic carbocycles. The minimum absolute atomic E-state index is 0.119. The van der Waals surface area contributed by atoms with E-state index < -0.39 is 0 Å². The van der Waals surface area contributed by atoms with Gasteiger partial charge in [-0.2, -0.15) is 0 Å². The second kappa shape index (κ2) is 9.52. The molecule has 2 N–H and O–H groups in total. The summed E-state index contributed by atoms with van der Waals surface area (Å²) in [5, 5.41) is 8.72. The maximum atomic E-state index is 12.1. The van der Waals surface area contributed by atoms with Crippen molar-refractivity contribution < 1.29 is 9.59 Å². The average molecular weight is 412 g/mol. The normalized spacial score (nSPS) is 10.5. The smallest absolute Gasteiger partial charge is 0.234 e. The summed E-state index contributed by atoms with van der Waals surface area (Å²) in [6.45, 7) is 3.95. The van der Waals surface area contributed by atoms with Crippen molar-refractivity contribution in [2.45, 2.75) is 13.8 Å². The monoisotopic (exact) mass is 411 g/mol. The molecule has 3 rings (SSSR count). The van der Waals surface area contributed by atoms with E-state index in [0.29, 0.717) is 0 Å². The molecule has 0 saturated carbocycles. The lowest BCUT2D eigenvalue weighted by atomic mass is 10.1. The Morgan fingerprint density at radius 3 is 2.25 bits per heavy atom. The molecule has 5 nitrogen and oxygen atoms in total. The van der Waals surface area contributed by atoms with Gasteiger partial charge in [0.2, 0.25) is 11.8 Å². The summed E-state index contributed by atoms with van der Waals surface area (Å²) >= 11 is 2.89. The zero-order valence-corrected chi connectivity index (χ0v) is 17.3. The van der Waals surface area contributed by atoms with Gasteiger partial charge in [0, 0.05) is 22.3 Å². The third-order valence-corrected chi connectivity index (χ3v) is 5.56. The Morgan fingerprint density at radius 2 is 1.64 bits per heavy atom. The highest BCUT2D eigenvalue weighted by atomic mass is 32.2. The van der Waals surface area contributed by atoms with E-state index in [2.05, 4.69) is 15.6 Å². The van der Waals surface area contributed by atoms with E-state index in [1.54, 1.807) is 11.3 Å². The maximum absolute atomic E-state index is 12.1. The average Bonchev–Trinajstić information content (AvgIpc) is 3.09. The predicted octanol–water partition coefficient (Wildman–Crippen LogP) is 4.74. The van der Waals surface area contributed by atoms with Crippen LogP contribution in [0.4, 0.5) is 11.4 Å². The van der Waals surface area contributed by atoms with Crippen molar-refractivity contribution in [1.82, 2.24) is 4.98 Å². The van der Waals surface area contributed by atoms with Gasteiger partial charge in [0.15, 0.2) is 0 Å². The fraction of sp³-hybridized carbons (Fsp3) is 0.190. The van der Waals surface area contributed by atoms with Gasteiger partial charge >= 0.3 is 0 Å². The molecule has 0 bridgehead atoms. The van der Waals surface area contributed by atoms with Gasteiger partial charge in [0.05, 0.1) is 22.2 Å². The topological polar surface area (TPSA) is 71.1 Å². The van der Waals surface area contributed by atoms with Gasteiger partial charge in [-0.25, -0.2) is 4.98 Å². The Labute approximate surface area is 172 Å². The Bertz CT molecular complexity index is 968. The van der Waals surface area contributed by atoms with Gasteiger partial charge in [-0.1, -0.05) is 24.3 Å². The number of hydrogen-bond donors (Lipinski definition) is 2. The summed E-state index contributed by atoms with van der Waals surface area (Å²) in [4.78, 5) is 28.5. The minimum atomic E-state index is -0.134. The number of carbonyl (C=O) groups excluding carboxylic acids is 2. The molecule has 0 saturated heterocycles. The number of aromatic nitrogens is 1. The van der Waals surface area contributed by atoms with Crippen LogP contribution in [0.15, 0.2) is 53.9 Å². The highest BCUT2D eigenvalue weighted by Crippen LogP contribution is 2.23. The Hall–Kier alpha value is -2.64. The van der Waals surface area contributed by atoms with E-state index >= 15 is 0 Å². The van der Waals surface area contributed by atoms with Gasteiger partial charge < -0.3 is 10.6 Å². The quantitative estimate of drug-likeness (QED) is 0.589. The SMILES string of the molecule is Cc1cccc(NC(=O)CSCC(=O)Nc2ccc(-c3csc(C)n3)cc2)c1. The maximum Gasteiger partial charge on any atom is 0.234 e. The molecule has 0 spiro atoms. The Morgan fingerprint density at radius 1 is 0.964 bits per heavy atom. The summed E-state index contributed by atoms with van der Waals surface area (Å²) in [5.41, 5.74) is 4.54. The Balaban J connectivity index is 1.42. The van der Waals surface area contributed by atoms with E-state index in [1.807, 2.05) is 67.8 Å². The van der Waals surface area contributed by atoms with Crippen molar-refractivity contribution in [1.29, 1.82) is 0 Å². The molecule has 1 heterocycles. The second-order valence-corrected chi connectivity index (χ2v) is 8.34. The molecule has 2 aromatic carbocycles. The van der Waals surface area contributed by atoms with Crippen LogP contribution in [0.2, 0.25) is 0 Å². The lowest BCUT2D eigenvalue weighted by Crippen LogP contribution is -2.18.